The number of hydrogen-bond donors (Lipinski definition) is 1. The Hall–Kier alpha value is -2.71. The second-order valence-electron chi connectivity index (χ2n) is 11.4. The Morgan fingerprint density at radius 2 is 1.73 bits per heavy atom. The summed E-state index contributed by atoms with van der Waals surface area (Å²) < 4.78 is 19.5. The Balaban J connectivity index is 1.11. The van der Waals surface area contributed by atoms with Gasteiger partial charge in [-0.05, 0) is 73.9 Å². The zero-order chi connectivity index (χ0) is 25.2. The van der Waals surface area contributed by atoms with Crippen molar-refractivity contribution in [3.63, 3.8) is 0 Å². The number of aromatic nitrogens is 2. The van der Waals surface area contributed by atoms with Crippen molar-refractivity contribution in [2.24, 2.45) is 23.7 Å². The van der Waals surface area contributed by atoms with Crippen LogP contribution in [0.5, 0.6) is 5.75 Å². The van der Waals surface area contributed by atoms with E-state index in [1.165, 1.54) is 6.42 Å². The van der Waals surface area contributed by atoms with Gasteiger partial charge < -0.3 is 14.2 Å². The maximum atomic E-state index is 6.56. The molecule has 37 heavy (non-hydrogen) atoms. The Kier molecular flexibility index (Phi) is 5.48. The number of nitrogens with one attached hydrogen (secondary N) is 1. The molecular weight excluding hydrogens is 468 g/mol. The molecule has 1 spiro atoms. The van der Waals surface area contributed by atoms with E-state index in [-0.39, 0.29) is 11.8 Å². The highest BCUT2D eigenvalue weighted by molar-refractivity contribution is 5.68. The van der Waals surface area contributed by atoms with Crippen LogP contribution < -0.4 is 4.74 Å². The summed E-state index contributed by atoms with van der Waals surface area (Å²) in [5.74, 6) is 1.23. The number of benzene rings is 2. The van der Waals surface area contributed by atoms with Crippen LogP contribution in [0.25, 0.3) is 22.5 Å². The molecule has 5 heterocycles. The molecule has 0 amide bonds. The smallest absolute Gasteiger partial charge is 0.205 e. The van der Waals surface area contributed by atoms with Gasteiger partial charge in [0, 0.05) is 23.8 Å². The van der Waals surface area contributed by atoms with E-state index in [0.29, 0.717) is 11.8 Å². The molecule has 3 aromatic rings. The second-order valence-corrected chi connectivity index (χ2v) is 11.4. The quantitative estimate of drug-likeness (QED) is 0.420. The number of H-pyrrole nitrogens is 1. The molecule has 8 atom stereocenters. The van der Waals surface area contributed by atoms with E-state index in [4.69, 9.17) is 24.0 Å². The van der Waals surface area contributed by atoms with Crippen molar-refractivity contribution in [1.82, 2.24) is 10.2 Å². The molecule has 7 nitrogen and oxygen atoms in total. The molecule has 0 radical (unpaired) electrons. The molecule has 8 rings (SSSR count). The van der Waals surface area contributed by atoms with Crippen LogP contribution in [0.3, 0.4) is 0 Å². The predicted molar refractivity (Wildman–Crippen MR) is 137 cm³/mol. The number of ether oxygens (including phenoxy) is 3. The number of rotatable bonds is 4. The summed E-state index contributed by atoms with van der Waals surface area (Å²) in [6, 6.07) is 20.3. The third-order valence-corrected chi connectivity index (χ3v) is 9.16. The molecule has 1 saturated carbocycles. The van der Waals surface area contributed by atoms with Gasteiger partial charge in [0.2, 0.25) is 12.1 Å². The summed E-state index contributed by atoms with van der Waals surface area (Å²) in [5, 5.41) is 7.63. The lowest BCUT2D eigenvalue weighted by Gasteiger charge is -2.60. The van der Waals surface area contributed by atoms with Gasteiger partial charge in [-0.1, -0.05) is 44.2 Å². The summed E-state index contributed by atoms with van der Waals surface area (Å²) in [7, 11) is 0. The van der Waals surface area contributed by atoms with Gasteiger partial charge in [0.25, 0.3) is 0 Å². The van der Waals surface area contributed by atoms with Crippen molar-refractivity contribution < 1.29 is 24.0 Å². The van der Waals surface area contributed by atoms with Crippen LogP contribution >= 0.6 is 0 Å². The lowest BCUT2D eigenvalue weighted by atomic mass is 9.58. The average Bonchev–Trinajstić information content (AvgIpc) is 3.30. The van der Waals surface area contributed by atoms with Crippen molar-refractivity contribution in [3.05, 3.63) is 60.7 Å². The molecule has 4 aliphatic heterocycles. The number of hydrogen-bond acceptors (Lipinski definition) is 6. The number of nitrogens with zero attached hydrogens (tertiary/aromatic N) is 1. The van der Waals surface area contributed by atoms with Gasteiger partial charge in [0.05, 0.1) is 11.4 Å². The molecule has 7 heteroatoms. The van der Waals surface area contributed by atoms with Gasteiger partial charge >= 0.3 is 0 Å². The minimum Gasteiger partial charge on any atom is -0.465 e. The van der Waals surface area contributed by atoms with Crippen LogP contribution in [0.4, 0.5) is 0 Å². The average molecular weight is 503 g/mol. The molecule has 194 valence electrons. The molecule has 4 saturated heterocycles. The Labute approximate surface area is 217 Å². The lowest BCUT2D eigenvalue weighted by Crippen LogP contribution is -2.70. The molecule has 1 aromatic heterocycles. The van der Waals surface area contributed by atoms with Gasteiger partial charge in [0.15, 0.2) is 11.9 Å². The fourth-order valence-corrected chi connectivity index (χ4v) is 7.08. The zero-order valence-corrected chi connectivity index (χ0v) is 21.6. The first-order valence-electron chi connectivity index (χ1n) is 13.5. The lowest BCUT2D eigenvalue weighted by molar-refractivity contribution is -0.575. The van der Waals surface area contributed by atoms with Crippen molar-refractivity contribution in [2.75, 3.05) is 0 Å². The third kappa shape index (κ3) is 3.75. The highest BCUT2D eigenvalue weighted by Gasteiger charge is 2.69. The zero-order valence-electron chi connectivity index (χ0n) is 21.6. The van der Waals surface area contributed by atoms with Crippen LogP contribution in [0.1, 0.15) is 46.5 Å². The first-order valence-corrected chi connectivity index (χ1v) is 13.5. The molecule has 2 bridgehead atoms. The molecule has 5 fully saturated rings. The van der Waals surface area contributed by atoms with Gasteiger partial charge in [-0.15, -0.1) is 0 Å². The SMILES string of the molecule is C[C@H]1[C@@H](Oc2ccc(-c3cc(-c4ccccc4)n[nH]3)cc2)O[C@@H]2O[C@@]3(C)CC[C@H]4[C@H](C)CC[C@@H]1[C@@]24OO3. The van der Waals surface area contributed by atoms with E-state index in [2.05, 4.69) is 42.2 Å². The van der Waals surface area contributed by atoms with Gasteiger partial charge in [-0.2, -0.15) is 5.10 Å². The van der Waals surface area contributed by atoms with E-state index >= 15 is 0 Å². The molecule has 0 unspecified atom stereocenters. The topological polar surface area (TPSA) is 74.8 Å². The summed E-state index contributed by atoms with van der Waals surface area (Å²) in [6.45, 7) is 6.49. The van der Waals surface area contributed by atoms with Crippen LogP contribution in [0.15, 0.2) is 60.7 Å². The van der Waals surface area contributed by atoms with Gasteiger partial charge in [0.1, 0.15) is 5.75 Å². The molecular formula is C30H34N2O5. The van der Waals surface area contributed by atoms with Crippen LogP contribution in [0.2, 0.25) is 0 Å². The van der Waals surface area contributed by atoms with E-state index in [9.17, 15) is 0 Å². The molecule has 2 aromatic carbocycles. The molecule has 5 aliphatic rings. The number of fused-ring (bicyclic) bond motifs is 2. The standard InChI is InChI=1S/C30H34N2O5/c1-18-9-14-24-19(2)27(34-28-30(24)23(18)15-16-29(3,35-28)36-37-30)33-22-12-10-21(11-13-22)26-17-25(31-32-26)20-7-5-4-6-8-20/h4-8,10-13,17-19,23-24,27-28H,9,14-16H2,1-3H3,(H,31,32)/t18-,19-,23+,24+,27+,28-,29-,30-/m1/s1. The van der Waals surface area contributed by atoms with E-state index in [1.807, 2.05) is 49.4 Å². The van der Waals surface area contributed by atoms with Crippen molar-refractivity contribution >= 4 is 0 Å². The fourth-order valence-electron chi connectivity index (χ4n) is 7.08. The predicted octanol–water partition coefficient (Wildman–Crippen LogP) is 6.33. The first kappa shape index (κ1) is 23.4. The minimum atomic E-state index is -0.785. The maximum Gasteiger partial charge on any atom is 0.205 e. The molecule has 1 aliphatic carbocycles. The van der Waals surface area contributed by atoms with E-state index < -0.39 is 24.0 Å². The normalized spacial score (nSPS) is 38.6. The summed E-state index contributed by atoms with van der Waals surface area (Å²) in [5.41, 5.74) is 3.44. The van der Waals surface area contributed by atoms with Crippen LogP contribution in [-0.2, 0) is 19.2 Å². The van der Waals surface area contributed by atoms with E-state index in [0.717, 1.165) is 47.5 Å². The largest absolute Gasteiger partial charge is 0.465 e. The monoisotopic (exact) mass is 502 g/mol. The fraction of sp³-hybridized carbons (Fsp3) is 0.500. The van der Waals surface area contributed by atoms with Crippen LogP contribution in [-0.4, -0.2) is 34.2 Å². The summed E-state index contributed by atoms with van der Waals surface area (Å²) >= 11 is 0. The summed E-state index contributed by atoms with van der Waals surface area (Å²) in [4.78, 5) is 12.2. The Morgan fingerprint density at radius 3 is 2.54 bits per heavy atom. The van der Waals surface area contributed by atoms with E-state index in [1.54, 1.807) is 0 Å². The highest BCUT2D eigenvalue weighted by Crippen LogP contribution is 2.60. The Morgan fingerprint density at radius 1 is 0.919 bits per heavy atom. The second kappa shape index (κ2) is 8.67. The van der Waals surface area contributed by atoms with Gasteiger partial charge in [-0.25, -0.2) is 9.78 Å². The number of aromatic amines is 1. The maximum absolute atomic E-state index is 6.56. The van der Waals surface area contributed by atoms with Crippen molar-refractivity contribution in [3.8, 4) is 28.3 Å². The van der Waals surface area contributed by atoms with Crippen LogP contribution in [0, 0.1) is 23.7 Å². The molecule has 1 N–H and O–H groups in total. The van der Waals surface area contributed by atoms with Crippen molar-refractivity contribution in [2.45, 2.75) is 70.4 Å². The summed E-state index contributed by atoms with van der Waals surface area (Å²) in [6.07, 6.45) is 3.11. The third-order valence-electron chi connectivity index (χ3n) is 9.16. The van der Waals surface area contributed by atoms with Gasteiger partial charge in [-0.3, -0.25) is 5.10 Å². The minimum absolute atomic E-state index is 0.127. The first-order chi connectivity index (χ1) is 18.0. The Bertz CT molecular complexity index is 1260. The van der Waals surface area contributed by atoms with Crippen molar-refractivity contribution in [1.29, 1.82) is 0 Å². The highest BCUT2D eigenvalue weighted by atomic mass is 17.3.